The third kappa shape index (κ3) is 5.29. The minimum atomic E-state index is -3.77. The smallest absolute Gasteiger partial charge is 0.271 e. The second-order valence-corrected chi connectivity index (χ2v) is 9.38. The van der Waals surface area contributed by atoms with Crippen LogP contribution in [0.5, 0.6) is 0 Å². The van der Waals surface area contributed by atoms with Gasteiger partial charge >= 0.3 is 0 Å². The molecule has 0 bridgehead atoms. The number of sulfone groups is 1. The van der Waals surface area contributed by atoms with Crippen molar-refractivity contribution in [2.75, 3.05) is 12.8 Å². The molecule has 0 fully saturated rings. The molecule has 3 rings (SSSR count). The summed E-state index contributed by atoms with van der Waals surface area (Å²) in [7, 11) is -3.77. The molecule has 0 saturated carbocycles. The van der Waals surface area contributed by atoms with Crippen LogP contribution >= 0.6 is 11.6 Å². The molecule has 0 N–H and O–H groups in total. The highest BCUT2D eigenvalue weighted by atomic mass is 35.5. The van der Waals surface area contributed by atoms with Crippen LogP contribution < -0.4 is 0 Å². The molecule has 10 nitrogen and oxygen atoms in total. The number of carbonyl (C=O) groups is 1. The van der Waals surface area contributed by atoms with E-state index in [1.54, 1.807) is 24.3 Å². The van der Waals surface area contributed by atoms with E-state index in [1.165, 1.54) is 4.90 Å². The minimum absolute atomic E-state index is 0.0684. The Morgan fingerprint density at radius 3 is 2.56 bits per heavy atom. The maximum atomic E-state index is 13.1. The first-order valence-electron chi connectivity index (χ1n) is 9.46. The van der Waals surface area contributed by atoms with E-state index in [0.717, 1.165) is 24.5 Å². The van der Waals surface area contributed by atoms with Crippen LogP contribution in [0.25, 0.3) is 11.5 Å². The van der Waals surface area contributed by atoms with Crippen LogP contribution in [0.15, 0.2) is 51.8 Å². The third-order valence-electron chi connectivity index (χ3n) is 4.46. The average Bonchev–Trinajstić information content (AvgIpc) is 3.20. The monoisotopic (exact) mass is 478 g/mol. The van der Waals surface area contributed by atoms with Gasteiger partial charge in [0.15, 0.2) is 9.84 Å². The van der Waals surface area contributed by atoms with Gasteiger partial charge < -0.3 is 9.32 Å². The summed E-state index contributed by atoms with van der Waals surface area (Å²) < 4.78 is 29.5. The van der Waals surface area contributed by atoms with Gasteiger partial charge in [-0.15, -0.1) is 10.2 Å². The molecular formula is C20H19ClN4O6S. The summed E-state index contributed by atoms with van der Waals surface area (Å²) in [5, 5.41) is 19.6. The summed E-state index contributed by atoms with van der Waals surface area (Å²) in [6.45, 7) is 2.05. The number of amides is 1. The molecule has 2 aromatic carbocycles. The van der Waals surface area contributed by atoms with Gasteiger partial charge in [0.2, 0.25) is 11.8 Å². The number of nitro benzene ring substituents is 1. The number of non-ortho nitro benzene ring substituents is 1. The zero-order valence-electron chi connectivity index (χ0n) is 17.2. The van der Waals surface area contributed by atoms with E-state index < -0.39 is 26.4 Å². The SMILES string of the molecule is CCCN(Cc1nnc(-c2ccccc2Cl)o1)C(=O)c1cc([N+](=O)[O-])cc(S(C)(=O)=O)c1. The topological polar surface area (TPSA) is 137 Å². The lowest BCUT2D eigenvalue weighted by atomic mass is 10.1. The van der Waals surface area contributed by atoms with Crippen LogP contribution in [0, 0.1) is 10.1 Å². The van der Waals surface area contributed by atoms with Crippen molar-refractivity contribution in [2.24, 2.45) is 0 Å². The maximum absolute atomic E-state index is 13.1. The molecule has 0 aliphatic heterocycles. The van der Waals surface area contributed by atoms with Crippen molar-refractivity contribution in [3.8, 4) is 11.5 Å². The van der Waals surface area contributed by atoms with Crippen LogP contribution in [0.2, 0.25) is 5.02 Å². The van der Waals surface area contributed by atoms with Gasteiger partial charge in [-0.25, -0.2) is 8.42 Å². The summed E-state index contributed by atoms with van der Waals surface area (Å²) in [5.41, 5.74) is -0.0804. The van der Waals surface area contributed by atoms with E-state index in [2.05, 4.69) is 10.2 Å². The number of nitrogens with zero attached hydrogens (tertiary/aromatic N) is 4. The Morgan fingerprint density at radius 1 is 1.22 bits per heavy atom. The molecule has 0 radical (unpaired) electrons. The van der Waals surface area contributed by atoms with Crippen molar-refractivity contribution in [3.63, 3.8) is 0 Å². The van der Waals surface area contributed by atoms with E-state index in [1.807, 2.05) is 6.92 Å². The van der Waals surface area contributed by atoms with E-state index >= 15 is 0 Å². The van der Waals surface area contributed by atoms with Crippen LogP contribution in [0.1, 0.15) is 29.6 Å². The Morgan fingerprint density at radius 2 is 1.94 bits per heavy atom. The molecule has 1 amide bonds. The molecule has 1 aromatic heterocycles. The molecule has 32 heavy (non-hydrogen) atoms. The van der Waals surface area contributed by atoms with Gasteiger partial charge in [0.25, 0.3) is 11.6 Å². The van der Waals surface area contributed by atoms with Crippen LogP contribution in [-0.2, 0) is 16.4 Å². The molecule has 1 heterocycles. The van der Waals surface area contributed by atoms with Gasteiger partial charge in [0, 0.05) is 30.5 Å². The zero-order valence-corrected chi connectivity index (χ0v) is 18.8. The number of aromatic nitrogens is 2. The second kappa shape index (κ2) is 9.45. The normalized spacial score (nSPS) is 11.3. The minimum Gasteiger partial charge on any atom is -0.419 e. The molecule has 0 spiro atoms. The van der Waals surface area contributed by atoms with Crippen LogP contribution in [0.4, 0.5) is 5.69 Å². The molecule has 3 aromatic rings. The Hall–Kier alpha value is -3.31. The lowest BCUT2D eigenvalue weighted by molar-refractivity contribution is -0.385. The quantitative estimate of drug-likeness (QED) is 0.352. The van der Waals surface area contributed by atoms with Gasteiger partial charge in [0.1, 0.15) is 0 Å². The summed E-state index contributed by atoms with van der Waals surface area (Å²) in [6.07, 6.45) is 1.49. The number of hydrogen-bond donors (Lipinski definition) is 0. The lowest BCUT2D eigenvalue weighted by Crippen LogP contribution is -2.31. The number of carbonyl (C=O) groups excluding carboxylic acids is 1. The van der Waals surface area contributed by atoms with E-state index in [9.17, 15) is 23.3 Å². The summed E-state index contributed by atoms with van der Waals surface area (Å²) >= 11 is 6.15. The summed E-state index contributed by atoms with van der Waals surface area (Å²) in [6, 6.07) is 10.00. The van der Waals surface area contributed by atoms with Gasteiger partial charge in [-0.2, -0.15) is 0 Å². The number of nitro groups is 1. The van der Waals surface area contributed by atoms with Crippen molar-refractivity contribution in [3.05, 3.63) is 69.1 Å². The fourth-order valence-corrected chi connectivity index (χ4v) is 3.85. The predicted octanol–water partition coefficient (Wildman–Crippen LogP) is 3.75. The highest BCUT2D eigenvalue weighted by molar-refractivity contribution is 7.90. The molecule has 168 valence electrons. The lowest BCUT2D eigenvalue weighted by Gasteiger charge is -2.20. The first-order chi connectivity index (χ1) is 15.1. The summed E-state index contributed by atoms with van der Waals surface area (Å²) in [4.78, 5) is 24.7. The largest absolute Gasteiger partial charge is 0.419 e. The van der Waals surface area contributed by atoms with Crippen molar-refractivity contribution >= 4 is 33.0 Å². The molecule has 0 unspecified atom stereocenters. The highest BCUT2D eigenvalue weighted by Crippen LogP contribution is 2.27. The number of benzene rings is 2. The van der Waals surface area contributed by atoms with Gasteiger partial charge in [-0.1, -0.05) is 30.7 Å². The number of halogens is 1. The second-order valence-electron chi connectivity index (χ2n) is 6.95. The first-order valence-corrected chi connectivity index (χ1v) is 11.7. The Kier molecular flexibility index (Phi) is 6.90. The maximum Gasteiger partial charge on any atom is 0.271 e. The zero-order chi connectivity index (χ0) is 23.5. The van der Waals surface area contributed by atoms with Crippen molar-refractivity contribution < 1.29 is 22.6 Å². The molecule has 0 aliphatic rings. The van der Waals surface area contributed by atoms with E-state index in [4.69, 9.17) is 16.0 Å². The fourth-order valence-electron chi connectivity index (χ4n) is 2.96. The molecule has 0 aliphatic carbocycles. The van der Waals surface area contributed by atoms with Gasteiger partial charge in [-0.3, -0.25) is 14.9 Å². The summed E-state index contributed by atoms with van der Waals surface area (Å²) in [5.74, 6) is -0.280. The van der Waals surface area contributed by atoms with Crippen molar-refractivity contribution in [1.82, 2.24) is 15.1 Å². The van der Waals surface area contributed by atoms with E-state index in [0.29, 0.717) is 17.0 Å². The fraction of sp³-hybridized carbons (Fsp3) is 0.250. The molecule has 0 saturated heterocycles. The van der Waals surface area contributed by atoms with Crippen molar-refractivity contribution in [2.45, 2.75) is 24.8 Å². The van der Waals surface area contributed by atoms with Crippen LogP contribution in [0.3, 0.4) is 0 Å². The average molecular weight is 479 g/mol. The van der Waals surface area contributed by atoms with Crippen molar-refractivity contribution in [1.29, 1.82) is 0 Å². The third-order valence-corrected chi connectivity index (χ3v) is 5.88. The van der Waals surface area contributed by atoms with Crippen LogP contribution in [-0.4, -0.2) is 47.1 Å². The highest BCUT2D eigenvalue weighted by Gasteiger charge is 2.24. The number of hydrogen-bond acceptors (Lipinski definition) is 8. The Labute approximate surface area is 188 Å². The first kappa shape index (κ1) is 23.4. The molecule has 0 atom stereocenters. The molecule has 12 heteroatoms. The van der Waals surface area contributed by atoms with E-state index in [-0.39, 0.29) is 35.3 Å². The van der Waals surface area contributed by atoms with Gasteiger partial charge in [-0.05, 0) is 24.6 Å². The molecular weight excluding hydrogens is 460 g/mol. The van der Waals surface area contributed by atoms with Gasteiger partial charge in [0.05, 0.1) is 26.9 Å². The standard InChI is InChI=1S/C20H19ClN4O6S/c1-3-8-24(12-18-22-23-19(31-18)16-6-4-5-7-17(16)21)20(26)13-9-14(25(27)28)11-15(10-13)32(2,29)30/h4-7,9-11H,3,8,12H2,1-2H3. The Bertz CT molecular complexity index is 1270. The number of rotatable bonds is 8. The predicted molar refractivity (Wildman–Crippen MR) is 116 cm³/mol. The Balaban J connectivity index is 1.93.